The van der Waals surface area contributed by atoms with E-state index in [-0.39, 0.29) is 5.82 Å². The molecule has 15 heavy (non-hydrogen) atoms. The first-order valence-electron chi connectivity index (χ1n) is 4.85. The number of aryl methyl sites for hydroxylation is 1. The fourth-order valence-corrected chi connectivity index (χ4v) is 1.71. The van der Waals surface area contributed by atoms with Crippen LogP contribution in [0.15, 0.2) is 16.6 Å². The Bertz CT molecular complexity index is 340. The Balaban J connectivity index is 2.65. The quantitative estimate of drug-likeness (QED) is 0.909. The van der Waals surface area contributed by atoms with E-state index >= 15 is 0 Å². The second-order valence-electron chi connectivity index (χ2n) is 3.81. The monoisotopic (exact) mass is 274 g/mol. The largest absolute Gasteiger partial charge is 0.383 e. The summed E-state index contributed by atoms with van der Waals surface area (Å²) in [7, 11) is 4.02. The van der Waals surface area contributed by atoms with Gasteiger partial charge in [0.05, 0.1) is 4.47 Å². The van der Waals surface area contributed by atoms with E-state index in [2.05, 4.69) is 26.1 Å². The van der Waals surface area contributed by atoms with Gasteiger partial charge in [0.15, 0.2) is 0 Å². The number of nitrogens with one attached hydrogen (secondary N) is 1. The highest BCUT2D eigenvalue weighted by molar-refractivity contribution is 9.10. The summed E-state index contributed by atoms with van der Waals surface area (Å²) < 4.78 is 13.8. The molecular formula is C11H16BrFN2. The highest BCUT2D eigenvalue weighted by atomic mass is 79.9. The van der Waals surface area contributed by atoms with Gasteiger partial charge in [0.1, 0.15) is 5.82 Å². The number of nitrogens with zero attached hydrogens (tertiary/aromatic N) is 1. The van der Waals surface area contributed by atoms with Crippen LogP contribution in [-0.2, 0) is 0 Å². The first kappa shape index (κ1) is 12.5. The van der Waals surface area contributed by atoms with Crippen LogP contribution in [-0.4, -0.2) is 32.1 Å². The molecule has 84 valence electrons. The third kappa shape index (κ3) is 3.80. The van der Waals surface area contributed by atoms with Gasteiger partial charge in [-0.05, 0) is 54.6 Å². The molecule has 0 aliphatic carbocycles. The molecule has 2 nitrogen and oxygen atoms in total. The van der Waals surface area contributed by atoms with Crippen molar-refractivity contribution in [2.24, 2.45) is 0 Å². The van der Waals surface area contributed by atoms with E-state index in [1.165, 1.54) is 6.07 Å². The van der Waals surface area contributed by atoms with Gasteiger partial charge in [-0.2, -0.15) is 0 Å². The average Bonchev–Trinajstić information content (AvgIpc) is 2.13. The van der Waals surface area contributed by atoms with E-state index in [4.69, 9.17) is 0 Å². The fraction of sp³-hybridized carbons (Fsp3) is 0.455. The summed E-state index contributed by atoms with van der Waals surface area (Å²) in [6, 6.07) is 3.31. The van der Waals surface area contributed by atoms with Crippen molar-refractivity contribution in [1.29, 1.82) is 0 Å². The minimum absolute atomic E-state index is 0.229. The molecule has 0 saturated carbocycles. The normalized spacial score (nSPS) is 10.8. The number of benzene rings is 1. The summed E-state index contributed by atoms with van der Waals surface area (Å²) >= 11 is 3.16. The van der Waals surface area contributed by atoms with Crippen LogP contribution >= 0.6 is 15.9 Å². The molecule has 0 fully saturated rings. The molecule has 0 spiro atoms. The van der Waals surface area contributed by atoms with Crippen LogP contribution in [0.2, 0.25) is 0 Å². The van der Waals surface area contributed by atoms with Crippen molar-refractivity contribution in [3.8, 4) is 0 Å². The number of anilines is 1. The van der Waals surface area contributed by atoms with E-state index < -0.39 is 0 Å². The third-order valence-corrected chi connectivity index (χ3v) is 2.75. The lowest BCUT2D eigenvalue weighted by atomic mass is 10.2. The minimum Gasteiger partial charge on any atom is -0.383 e. The Hall–Kier alpha value is -0.610. The van der Waals surface area contributed by atoms with E-state index in [0.29, 0.717) is 4.47 Å². The summed E-state index contributed by atoms with van der Waals surface area (Å²) in [4.78, 5) is 2.08. The van der Waals surface area contributed by atoms with Crippen molar-refractivity contribution < 1.29 is 4.39 Å². The third-order valence-electron chi connectivity index (χ3n) is 2.14. The van der Waals surface area contributed by atoms with E-state index in [9.17, 15) is 4.39 Å². The maximum atomic E-state index is 13.2. The molecule has 0 unspecified atom stereocenters. The summed E-state index contributed by atoms with van der Waals surface area (Å²) in [5, 5.41) is 3.21. The maximum absolute atomic E-state index is 13.2. The Labute approximate surface area is 98.6 Å². The second kappa shape index (κ2) is 5.47. The maximum Gasteiger partial charge on any atom is 0.139 e. The lowest BCUT2D eigenvalue weighted by Gasteiger charge is -2.13. The molecule has 0 amide bonds. The Morgan fingerprint density at radius 3 is 2.67 bits per heavy atom. The first-order chi connectivity index (χ1) is 7.00. The Morgan fingerprint density at radius 2 is 2.07 bits per heavy atom. The van der Waals surface area contributed by atoms with Gasteiger partial charge in [-0.1, -0.05) is 0 Å². The zero-order valence-corrected chi connectivity index (χ0v) is 10.9. The van der Waals surface area contributed by atoms with E-state index in [1.807, 2.05) is 21.0 Å². The molecule has 0 radical (unpaired) electrons. The Kier molecular flexibility index (Phi) is 4.54. The molecule has 1 aromatic carbocycles. The number of hydrogen-bond donors (Lipinski definition) is 1. The molecule has 0 saturated heterocycles. The van der Waals surface area contributed by atoms with Crippen LogP contribution in [0.4, 0.5) is 10.1 Å². The zero-order chi connectivity index (χ0) is 11.4. The predicted octanol–water partition coefficient (Wildman–Crippen LogP) is 2.87. The van der Waals surface area contributed by atoms with Crippen molar-refractivity contribution in [3.05, 3.63) is 28.0 Å². The van der Waals surface area contributed by atoms with Crippen molar-refractivity contribution in [2.75, 3.05) is 32.5 Å². The molecule has 0 atom stereocenters. The van der Waals surface area contributed by atoms with E-state index in [1.54, 1.807) is 6.07 Å². The van der Waals surface area contributed by atoms with Gasteiger partial charge < -0.3 is 10.2 Å². The highest BCUT2D eigenvalue weighted by Gasteiger charge is 2.04. The summed E-state index contributed by atoms with van der Waals surface area (Å²) in [6.45, 7) is 3.70. The van der Waals surface area contributed by atoms with Gasteiger partial charge in [0.25, 0.3) is 0 Å². The predicted molar refractivity (Wildman–Crippen MR) is 65.9 cm³/mol. The van der Waals surface area contributed by atoms with Crippen LogP contribution in [0, 0.1) is 12.7 Å². The minimum atomic E-state index is -0.229. The SMILES string of the molecule is Cc1cc(Br)c(F)cc1NCCN(C)C. The Morgan fingerprint density at radius 1 is 1.40 bits per heavy atom. The first-order valence-corrected chi connectivity index (χ1v) is 5.64. The van der Waals surface area contributed by atoms with Crippen LogP contribution in [0.3, 0.4) is 0 Å². The number of rotatable bonds is 4. The fourth-order valence-electron chi connectivity index (χ4n) is 1.25. The van der Waals surface area contributed by atoms with Crippen molar-refractivity contribution in [1.82, 2.24) is 4.90 Å². The van der Waals surface area contributed by atoms with Gasteiger partial charge >= 0.3 is 0 Å². The molecule has 0 aromatic heterocycles. The zero-order valence-electron chi connectivity index (χ0n) is 9.27. The van der Waals surface area contributed by atoms with Crippen molar-refractivity contribution in [2.45, 2.75) is 6.92 Å². The summed E-state index contributed by atoms with van der Waals surface area (Å²) in [5.41, 5.74) is 1.90. The van der Waals surface area contributed by atoms with Gasteiger partial charge in [-0.15, -0.1) is 0 Å². The summed E-state index contributed by atoms with van der Waals surface area (Å²) in [5.74, 6) is -0.229. The molecule has 0 aliphatic rings. The smallest absolute Gasteiger partial charge is 0.139 e. The molecule has 1 aromatic rings. The van der Waals surface area contributed by atoms with Gasteiger partial charge in [0, 0.05) is 18.8 Å². The number of halogens is 2. The topological polar surface area (TPSA) is 15.3 Å². The van der Waals surface area contributed by atoms with Crippen LogP contribution in [0.25, 0.3) is 0 Å². The van der Waals surface area contributed by atoms with Gasteiger partial charge in [0.2, 0.25) is 0 Å². The number of hydrogen-bond acceptors (Lipinski definition) is 2. The average molecular weight is 275 g/mol. The molecule has 1 rings (SSSR count). The number of likely N-dealkylation sites (N-methyl/N-ethyl adjacent to an activating group) is 1. The lowest BCUT2D eigenvalue weighted by molar-refractivity contribution is 0.425. The van der Waals surface area contributed by atoms with Crippen LogP contribution in [0.5, 0.6) is 0 Å². The lowest BCUT2D eigenvalue weighted by Crippen LogP contribution is -2.21. The van der Waals surface area contributed by atoms with Crippen LogP contribution < -0.4 is 5.32 Å². The van der Waals surface area contributed by atoms with E-state index in [0.717, 1.165) is 24.3 Å². The van der Waals surface area contributed by atoms with Gasteiger partial charge in [-0.25, -0.2) is 4.39 Å². The van der Waals surface area contributed by atoms with Crippen molar-refractivity contribution >= 4 is 21.6 Å². The molecule has 4 heteroatoms. The summed E-state index contributed by atoms with van der Waals surface area (Å²) in [6.07, 6.45) is 0. The van der Waals surface area contributed by atoms with Crippen molar-refractivity contribution in [3.63, 3.8) is 0 Å². The molecular weight excluding hydrogens is 259 g/mol. The molecule has 0 aliphatic heterocycles. The standard InChI is InChI=1S/C11H16BrFN2/c1-8-6-9(12)10(13)7-11(8)14-4-5-15(2)3/h6-7,14H,4-5H2,1-3H3. The molecule has 0 bridgehead atoms. The molecule has 1 N–H and O–H groups in total. The highest BCUT2D eigenvalue weighted by Crippen LogP contribution is 2.23. The van der Waals surface area contributed by atoms with Crippen LogP contribution in [0.1, 0.15) is 5.56 Å². The van der Waals surface area contributed by atoms with Gasteiger partial charge in [-0.3, -0.25) is 0 Å². The molecule has 0 heterocycles. The second-order valence-corrected chi connectivity index (χ2v) is 4.67.